The van der Waals surface area contributed by atoms with Crippen LogP contribution >= 0.6 is 0 Å². The fraction of sp³-hybridized carbons (Fsp3) is 0.448. The van der Waals surface area contributed by atoms with Gasteiger partial charge in [-0.3, -0.25) is 0 Å². The van der Waals surface area contributed by atoms with E-state index in [1.165, 1.54) is 5.57 Å². The molecule has 0 amide bonds. The van der Waals surface area contributed by atoms with Crippen LogP contribution in [0.4, 0.5) is 0 Å². The van der Waals surface area contributed by atoms with Crippen molar-refractivity contribution in [2.75, 3.05) is 13.2 Å². The van der Waals surface area contributed by atoms with Gasteiger partial charge in [0.15, 0.2) is 0 Å². The Hall–Kier alpha value is -3.13. The molecule has 5 nitrogen and oxygen atoms in total. The summed E-state index contributed by atoms with van der Waals surface area (Å²) in [5, 5.41) is 9.59. The molecule has 0 aromatic heterocycles. The third-order valence-corrected chi connectivity index (χ3v) is 6.19. The van der Waals surface area contributed by atoms with E-state index in [9.17, 15) is 13.5 Å². The van der Waals surface area contributed by atoms with Gasteiger partial charge in [0.25, 0.3) is 10.0 Å². The molecular formula is C29H35NO4S. The van der Waals surface area contributed by atoms with Crippen molar-refractivity contribution in [1.82, 2.24) is 4.31 Å². The van der Waals surface area contributed by atoms with Crippen molar-refractivity contribution in [3.63, 3.8) is 0 Å². The van der Waals surface area contributed by atoms with Crippen molar-refractivity contribution < 1.29 is 18.3 Å². The van der Waals surface area contributed by atoms with Crippen LogP contribution in [0, 0.1) is 54.4 Å². The third-order valence-electron chi connectivity index (χ3n) is 4.47. The Kier molecular flexibility index (Phi) is 12.8. The molecule has 0 saturated heterocycles. The topological polar surface area (TPSA) is 66.8 Å². The van der Waals surface area contributed by atoms with E-state index in [0.29, 0.717) is 0 Å². The minimum Gasteiger partial charge on any atom is -0.378 e. The second-order valence-electron chi connectivity index (χ2n) is 8.77. The van der Waals surface area contributed by atoms with E-state index in [1.54, 1.807) is 38.1 Å². The Labute approximate surface area is 212 Å². The zero-order valence-corrected chi connectivity index (χ0v) is 22.3. The van der Waals surface area contributed by atoms with Crippen LogP contribution in [0.2, 0.25) is 0 Å². The lowest BCUT2D eigenvalue weighted by molar-refractivity contribution is 0.0864. The van der Waals surface area contributed by atoms with E-state index in [4.69, 9.17) is 4.74 Å². The summed E-state index contributed by atoms with van der Waals surface area (Å²) in [6.07, 6.45) is 4.33. The smallest absolute Gasteiger partial charge is 0.271 e. The monoisotopic (exact) mass is 493 g/mol. The highest BCUT2D eigenvalue weighted by Crippen LogP contribution is 2.16. The number of benzene rings is 1. The fourth-order valence-corrected chi connectivity index (χ4v) is 3.80. The lowest BCUT2D eigenvalue weighted by Crippen LogP contribution is -2.27. The summed E-state index contributed by atoms with van der Waals surface area (Å²) in [6.45, 7) is 11.4. The Morgan fingerprint density at radius 2 is 1.77 bits per heavy atom. The summed E-state index contributed by atoms with van der Waals surface area (Å²) < 4.78 is 32.9. The van der Waals surface area contributed by atoms with Crippen LogP contribution in [0.5, 0.6) is 0 Å². The average Bonchev–Trinajstić information content (AvgIpc) is 2.76. The molecule has 1 aromatic carbocycles. The molecular weight excluding hydrogens is 458 g/mol. The number of ether oxygens (including phenoxy) is 1. The molecule has 1 atom stereocenters. The molecule has 1 N–H and O–H groups in total. The summed E-state index contributed by atoms with van der Waals surface area (Å²) in [7, 11) is -3.85. The molecule has 186 valence electrons. The number of hydrogen-bond acceptors (Lipinski definition) is 4. The second-order valence-corrected chi connectivity index (χ2v) is 10.6. The summed E-state index contributed by atoms with van der Waals surface area (Å²) >= 11 is 0. The highest BCUT2D eigenvalue weighted by atomic mass is 32.2. The van der Waals surface area contributed by atoms with Gasteiger partial charge in [0.05, 0.1) is 17.5 Å². The summed E-state index contributed by atoms with van der Waals surface area (Å²) in [6, 6.07) is 9.21. The standard InChI is InChI=1S/C29H35NO4S/c1-25(2)15-14-16-27(4)34-24-13-9-12-23-30(22-11-8-7-10-21-29(5,6)31)35(32,33)28-19-17-26(3)18-20-28/h15,17-20,27,31H,11,14,16,22,24H2,1-6H3. The van der Waals surface area contributed by atoms with E-state index in [2.05, 4.69) is 67.4 Å². The molecule has 35 heavy (non-hydrogen) atoms. The Morgan fingerprint density at radius 1 is 1.11 bits per heavy atom. The van der Waals surface area contributed by atoms with Gasteiger partial charge in [-0.25, -0.2) is 12.7 Å². The SMILES string of the molecule is CC(C)=CCCC(C)OCC#CC#CN(CCC#CC#CC(C)(C)O)S(=O)(=O)c1ccc(C)cc1. The highest BCUT2D eigenvalue weighted by Gasteiger charge is 2.21. The van der Waals surface area contributed by atoms with Crippen LogP contribution in [0.25, 0.3) is 0 Å². The Morgan fingerprint density at radius 3 is 2.40 bits per heavy atom. The van der Waals surface area contributed by atoms with Gasteiger partial charge in [-0.1, -0.05) is 47.1 Å². The Bertz CT molecular complexity index is 1200. The molecule has 0 aliphatic heterocycles. The molecule has 0 fully saturated rings. The highest BCUT2D eigenvalue weighted by molar-refractivity contribution is 7.89. The van der Waals surface area contributed by atoms with Crippen molar-refractivity contribution in [2.45, 2.75) is 77.4 Å². The first-order valence-electron chi connectivity index (χ1n) is 11.5. The quantitative estimate of drug-likeness (QED) is 0.317. The lowest BCUT2D eigenvalue weighted by Gasteiger charge is -2.16. The van der Waals surface area contributed by atoms with Gasteiger partial charge in [-0.15, -0.1) is 0 Å². The molecule has 1 rings (SSSR count). The first-order chi connectivity index (χ1) is 16.4. The number of aliphatic hydroxyl groups is 1. The van der Waals surface area contributed by atoms with Crippen molar-refractivity contribution in [3.8, 4) is 47.5 Å². The number of sulfonamides is 1. The Balaban J connectivity index is 2.89. The minimum absolute atomic E-state index is 0.0555. The van der Waals surface area contributed by atoms with Gasteiger partial charge in [0, 0.05) is 18.4 Å². The number of hydrogen-bond donors (Lipinski definition) is 1. The number of aryl methyl sites for hydroxylation is 1. The molecule has 0 heterocycles. The first kappa shape index (κ1) is 29.9. The van der Waals surface area contributed by atoms with E-state index in [-0.39, 0.29) is 30.6 Å². The maximum absolute atomic E-state index is 13.1. The minimum atomic E-state index is -3.85. The molecule has 0 spiro atoms. The largest absolute Gasteiger partial charge is 0.378 e. The third kappa shape index (κ3) is 13.4. The van der Waals surface area contributed by atoms with Gasteiger partial charge in [-0.05, 0) is 84.3 Å². The molecule has 1 aromatic rings. The zero-order valence-electron chi connectivity index (χ0n) is 21.5. The second kappa shape index (κ2) is 15.0. The lowest BCUT2D eigenvalue weighted by atomic mass is 10.1. The van der Waals surface area contributed by atoms with Crippen LogP contribution in [0.3, 0.4) is 0 Å². The summed E-state index contributed by atoms with van der Waals surface area (Å²) in [5.74, 6) is 18.7. The van der Waals surface area contributed by atoms with Gasteiger partial charge in [0.2, 0.25) is 0 Å². The molecule has 0 bridgehead atoms. The zero-order chi connectivity index (χ0) is 26.3. The van der Waals surface area contributed by atoms with E-state index in [0.717, 1.165) is 22.7 Å². The van der Waals surface area contributed by atoms with E-state index >= 15 is 0 Å². The molecule has 1 unspecified atom stereocenters. The first-order valence-corrected chi connectivity index (χ1v) is 12.9. The van der Waals surface area contributed by atoms with Gasteiger partial charge in [-0.2, -0.15) is 0 Å². The molecule has 0 saturated carbocycles. The molecule has 0 aliphatic carbocycles. The summed E-state index contributed by atoms with van der Waals surface area (Å²) in [4.78, 5) is 0.147. The number of rotatable bonds is 9. The number of allylic oxidation sites excluding steroid dienone is 2. The van der Waals surface area contributed by atoms with Crippen molar-refractivity contribution in [3.05, 3.63) is 41.5 Å². The van der Waals surface area contributed by atoms with Crippen LogP contribution in [0.1, 0.15) is 59.4 Å². The van der Waals surface area contributed by atoms with Gasteiger partial charge in [0.1, 0.15) is 12.2 Å². The van der Waals surface area contributed by atoms with Crippen molar-refractivity contribution >= 4 is 10.0 Å². The van der Waals surface area contributed by atoms with Crippen LogP contribution in [-0.4, -0.2) is 42.7 Å². The fourth-order valence-electron chi connectivity index (χ4n) is 2.57. The van der Waals surface area contributed by atoms with Crippen LogP contribution in [-0.2, 0) is 14.8 Å². The average molecular weight is 494 g/mol. The predicted molar refractivity (Wildman–Crippen MR) is 141 cm³/mol. The maximum atomic E-state index is 13.1. The van der Waals surface area contributed by atoms with Crippen LogP contribution in [0.15, 0.2) is 40.8 Å². The predicted octanol–water partition coefficient (Wildman–Crippen LogP) is 4.27. The van der Waals surface area contributed by atoms with Gasteiger partial charge >= 0.3 is 0 Å². The van der Waals surface area contributed by atoms with E-state index < -0.39 is 15.6 Å². The maximum Gasteiger partial charge on any atom is 0.271 e. The molecule has 0 radical (unpaired) electrons. The van der Waals surface area contributed by atoms with Crippen molar-refractivity contribution in [1.29, 1.82) is 0 Å². The number of nitrogens with zero attached hydrogens (tertiary/aromatic N) is 1. The van der Waals surface area contributed by atoms with E-state index in [1.807, 2.05) is 13.8 Å². The normalized spacial score (nSPS) is 11.2. The summed E-state index contributed by atoms with van der Waals surface area (Å²) in [5.41, 5.74) is 1.11. The van der Waals surface area contributed by atoms with Crippen LogP contribution < -0.4 is 0 Å². The van der Waals surface area contributed by atoms with Gasteiger partial charge < -0.3 is 9.84 Å². The molecule has 6 heteroatoms. The van der Waals surface area contributed by atoms with Crippen molar-refractivity contribution in [2.24, 2.45) is 0 Å². The molecule has 0 aliphatic rings.